The molecule has 6 heteroatoms. The summed E-state index contributed by atoms with van der Waals surface area (Å²) in [6.45, 7) is 2.81. The number of amides is 2. The molecule has 0 rings (SSSR count). The Hall–Kier alpha value is -1.14. The van der Waals surface area contributed by atoms with Crippen molar-refractivity contribution >= 4 is 11.8 Å². The van der Waals surface area contributed by atoms with E-state index in [4.69, 9.17) is 11.5 Å². The minimum absolute atomic E-state index is 0.103. The maximum atomic E-state index is 11.4. The lowest BCUT2D eigenvalue weighted by Crippen LogP contribution is -2.46. The van der Waals surface area contributed by atoms with E-state index in [2.05, 4.69) is 10.6 Å². The largest absolute Gasteiger partial charge is 0.354 e. The zero-order valence-electron chi connectivity index (χ0n) is 9.79. The van der Waals surface area contributed by atoms with Crippen LogP contribution in [0, 0.1) is 0 Å². The summed E-state index contributed by atoms with van der Waals surface area (Å²) in [7, 11) is 0. The summed E-state index contributed by atoms with van der Waals surface area (Å²) >= 11 is 0. The molecule has 0 saturated heterocycles. The number of carbonyl (C=O) groups is 2. The summed E-state index contributed by atoms with van der Waals surface area (Å²) in [6, 6.07) is -0.537. The van der Waals surface area contributed by atoms with Crippen LogP contribution in [-0.2, 0) is 9.59 Å². The quantitative estimate of drug-likeness (QED) is 0.388. The van der Waals surface area contributed by atoms with E-state index in [0.29, 0.717) is 13.1 Å². The fraction of sp³-hybridized carbons (Fsp3) is 0.800. The third-order valence-electron chi connectivity index (χ3n) is 2.14. The second kappa shape index (κ2) is 9.11. The highest BCUT2D eigenvalue weighted by molar-refractivity contribution is 5.87. The first kappa shape index (κ1) is 14.9. The van der Waals surface area contributed by atoms with Crippen LogP contribution in [0.15, 0.2) is 0 Å². The minimum atomic E-state index is -0.537. The second-order valence-corrected chi connectivity index (χ2v) is 3.63. The van der Waals surface area contributed by atoms with Crippen LogP contribution in [0.1, 0.15) is 26.2 Å². The number of hydrogen-bond donors (Lipinski definition) is 4. The van der Waals surface area contributed by atoms with Gasteiger partial charge in [0.15, 0.2) is 0 Å². The van der Waals surface area contributed by atoms with Crippen molar-refractivity contribution in [3.8, 4) is 0 Å². The van der Waals surface area contributed by atoms with Crippen LogP contribution in [0.4, 0.5) is 0 Å². The third-order valence-corrected chi connectivity index (χ3v) is 2.14. The van der Waals surface area contributed by atoms with Gasteiger partial charge in [-0.05, 0) is 26.3 Å². The van der Waals surface area contributed by atoms with E-state index in [-0.39, 0.29) is 18.4 Å². The SMILES string of the molecule is C[C@H](NC(=O)CN)C(=O)NCCCCCN. The minimum Gasteiger partial charge on any atom is -0.354 e. The predicted octanol–water partition coefficient (Wildman–Crippen LogP) is -1.30. The Kier molecular flexibility index (Phi) is 8.46. The van der Waals surface area contributed by atoms with Crippen LogP contribution in [0.5, 0.6) is 0 Å². The van der Waals surface area contributed by atoms with E-state index in [1.807, 2.05) is 0 Å². The van der Waals surface area contributed by atoms with Gasteiger partial charge in [0.2, 0.25) is 11.8 Å². The molecule has 0 aliphatic rings. The molecule has 0 aliphatic carbocycles. The molecule has 0 bridgehead atoms. The predicted molar refractivity (Wildman–Crippen MR) is 62.6 cm³/mol. The van der Waals surface area contributed by atoms with Crippen LogP contribution in [-0.4, -0.2) is 37.5 Å². The number of hydrogen-bond acceptors (Lipinski definition) is 4. The number of carbonyl (C=O) groups excluding carboxylic acids is 2. The van der Waals surface area contributed by atoms with Gasteiger partial charge in [0, 0.05) is 6.54 Å². The highest BCUT2D eigenvalue weighted by Gasteiger charge is 2.13. The van der Waals surface area contributed by atoms with Gasteiger partial charge in [0.25, 0.3) is 0 Å². The van der Waals surface area contributed by atoms with E-state index in [0.717, 1.165) is 19.3 Å². The molecule has 0 aliphatic heterocycles. The van der Waals surface area contributed by atoms with E-state index in [1.54, 1.807) is 6.92 Å². The molecule has 2 amide bonds. The van der Waals surface area contributed by atoms with Gasteiger partial charge < -0.3 is 22.1 Å². The molecule has 0 aromatic rings. The zero-order chi connectivity index (χ0) is 12.4. The molecule has 1 atom stereocenters. The Labute approximate surface area is 96.1 Å². The molecule has 6 N–H and O–H groups in total. The fourth-order valence-corrected chi connectivity index (χ4v) is 1.18. The van der Waals surface area contributed by atoms with Crippen molar-refractivity contribution in [2.24, 2.45) is 11.5 Å². The Morgan fingerprint density at radius 3 is 2.44 bits per heavy atom. The van der Waals surface area contributed by atoms with Gasteiger partial charge in [-0.3, -0.25) is 9.59 Å². The molecular formula is C10H22N4O2. The maximum absolute atomic E-state index is 11.4. The molecule has 0 spiro atoms. The van der Waals surface area contributed by atoms with Gasteiger partial charge >= 0.3 is 0 Å². The van der Waals surface area contributed by atoms with Crippen LogP contribution >= 0.6 is 0 Å². The van der Waals surface area contributed by atoms with Crippen molar-refractivity contribution in [1.82, 2.24) is 10.6 Å². The molecule has 94 valence electrons. The summed E-state index contributed by atoms with van der Waals surface area (Å²) in [5.41, 5.74) is 10.5. The third kappa shape index (κ3) is 7.19. The van der Waals surface area contributed by atoms with Crippen molar-refractivity contribution < 1.29 is 9.59 Å². The number of unbranched alkanes of at least 4 members (excludes halogenated alkanes) is 2. The normalized spacial score (nSPS) is 11.9. The molecule has 6 nitrogen and oxygen atoms in total. The average molecular weight is 230 g/mol. The second-order valence-electron chi connectivity index (χ2n) is 3.63. The molecular weight excluding hydrogens is 208 g/mol. The lowest BCUT2D eigenvalue weighted by Gasteiger charge is -2.13. The van der Waals surface area contributed by atoms with Gasteiger partial charge in [-0.15, -0.1) is 0 Å². The Balaban J connectivity index is 3.59. The summed E-state index contributed by atoms with van der Waals surface area (Å²) in [5.74, 6) is -0.514. The van der Waals surface area contributed by atoms with Gasteiger partial charge in [-0.25, -0.2) is 0 Å². The first-order valence-electron chi connectivity index (χ1n) is 5.59. The summed E-state index contributed by atoms with van der Waals surface area (Å²) < 4.78 is 0. The van der Waals surface area contributed by atoms with E-state index in [9.17, 15) is 9.59 Å². The first-order chi connectivity index (χ1) is 7.61. The van der Waals surface area contributed by atoms with Gasteiger partial charge in [-0.2, -0.15) is 0 Å². The van der Waals surface area contributed by atoms with Gasteiger partial charge in [0.1, 0.15) is 6.04 Å². The molecule has 0 fully saturated rings. The first-order valence-corrected chi connectivity index (χ1v) is 5.59. The maximum Gasteiger partial charge on any atom is 0.242 e. The van der Waals surface area contributed by atoms with E-state index >= 15 is 0 Å². The monoisotopic (exact) mass is 230 g/mol. The number of rotatable bonds is 8. The summed E-state index contributed by atoms with van der Waals surface area (Å²) in [4.78, 5) is 22.3. The van der Waals surface area contributed by atoms with Crippen molar-refractivity contribution in [3.63, 3.8) is 0 Å². The van der Waals surface area contributed by atoms with Crippen molar-refractivity contribution in [1.29, 1.82) is 0 Å². The lowest BCUT2D eigenvalue weighted by atomic mass is 10.2. The average Bonchev–Trinajstić information content (AvgIpc) is 2.28. The van der Waals surface area contributed by atoms with Crippen LogP contribution in [0.25, 0.3) is 0 Å². The van der Waals surface area contributed by atoms with Crippen molar-refractivity contribution in [2.45, 2.75) is 32.2 Å². The Morgan fingerprint density at radius 2 is 1.88 bits per heavy atom. The summed E-state index contributed by atoms with van der Waals surface area (Å²) in [6.07, 6.45) is 2.87. The molecule has 16 heavy (non-hydrogen) atoms. The Bertz CT molecular complexity index is 221. The van der Waals surface area contributed by atoms with Crippen molar-refractivity contribution in [2.75, 3.05) is 19.6 Å². The topological polar surface area (TPSA) is 110 Å². The highest BCUT2D eigenvalue weighted by Crippen LogP contribution is 1.91. The summed E-state index contributed by atoms with van der Waals surface area (Å²) in [5, 5.41) is 5.22. The molecule has 0 unspecified atom stereocenters. The number of nitrogens with one attached hydrogen (secondary N) is 2. The molecule has 0 aromatic heterocycles. The van der Waals surface area contributed by atoms with Crippen LogP contribution in [0.3, 0.4) is 0 Å². The smallest absolute Gasteiger partial charge is 0.242 e. The fourth-order valence-electron chi connectivity index (χ4n) is 1.18. The van der Waals surface area contributed by atoms with Crippen molar-refractivity contribution in [3.05, 3.63) is 0 Å². The lowest BCUT2D eigenvalue weighted by molar-refractivity contribution is -0.127. The van der Waals surface area contributed by atoms with Crippen LogP contribution < -0.4 is 22.1 Å². The zero-order valence-corrected chi connectivity index (χ0v) is 9.79. The van der Waals surface area contributed by atoms with Gasteiger partial charge in [-0.1, -0.05) is 6.42 Å². The van der Waals surface area contributed by atoms with E-state index < -0.39 is 6.04 Å². The highest BCUT2D eigenvalue weighted by atomic mass is 16.2. The molecule has 0 saturated carbocycles. The van der Waals surface area contributed by atoms with Gasteiger partial charge in [0.05, 0.1) is 6.54 Å². The van der Waals surface area contributed by atoms with E-state index in [1.165, 1.54) is 0 Å². The molecule has 0 aromatic carbocycles. The molecule has 0 heterocycles. The Morgan fingerprint density at radius 1 is 1.19 bits per heavy atom. The molecule has 0 radical (unpaired) electrons. The number of nitrogens with two attached hydrogens (primary N) is 2. The standard InChI is InChI=1S/C10H22N4O2/c1-8(14-9(15)7-12)10(16)13-6-4-2-3-5-11/h8H,2-7,11-12H2,1H3,(H,13,16)(H,14,15)/t8-/m0/s1. The van der Waals surface area contributed by atoms with Crippen LogP contribution in [0.2, 0.25) is 0 Å².